The first-order chi connectivity index (χ1) is 14.0. The zero-order valence-electron chi connectivity index (χ0n) is 16.0. The Labute approximate surface area is 172 Å². The molecule has 29 heavy (non-hydrogen) atoms. The Morgan fingerprint density at radius 3 is 2.55 bits per heavy atom. The van der Waals surface area contributed by atoms with Crippen molar-refractivity contribution in [1.29, 1.82) is 0 Å². The summed E-state index contributed by atoms with van der Waals surface area (Å²) in [7, 11) is 0. The van der Waals surface area contributed by atoms with E-state index in [1.54, 1.807) is 29.8 Å². The summed E-state index contributed by atoms with van der Waals surface area (Å²) in [5.74, 6) is 0.262. The number of hydrogen-bond donors (Lipinski definition) is 1. The van der Waals surface area contributed by atoms with Gasteiger partial charge in [0, 0.05) is 11.1 Å². The van der Waals surface area contributed by atoms with Crippen LogP contribution in [0.1, 0.15) is 27.4 Å². The van der Waals surface area contributed by atoms with Crippen LogP contribution in [0, 0.1) is 13.8 Å². The van der Waals surface area contributed by atoms with Crippen LogP contribution in [0.5, 0.6) is 0 Å². The lowest BCUT2D eigenvalue weighted by Gasteiger charge is -2.08. The van der Waals surface area contributed by atoms with Crippen molar-refractivity contribution in [2.45, 2.75) is 20.4 Å². The first-order valence-electron chi connectivity index (χ1n) is 9.09. The van der Waals surface area contributed by atoms with Crippen molar-refractivity contribution in [3.63, 3.8) is 0 Å². The van der Waals surface area contributed by atoms with Gasteiger partial charge >= 0.3 is 0 Å². The Balaban J connectivity index is 1.58. The third kappa shape index (κ3) is 4.20. The molecule has 0 unspecified atom stereocenters. The average molecular weight is 407 g/mol. The number of amides is 1. The Morgan fingerprint density at radius 1 is 1.00 bits per heavy atom. The predicted octanol–water partition coefficient (Wildman–Crippen LogP) is 4.03. The minimum atomic E-state index is -0.343. The summed E-state index contributed by atoms with van der Waals surface area (Å²) in [6.07, 6.45) is 0. The minimum Gasteiger partial charge on any atom is -0.305 e. The van der Waals surface area contributed by atoms with Gasteiger partial charge in [-0.25, -0.2) is 4.68 Å². The second kappa shape index (κ2) is 7.89. The highest BCUT2D eigenvalue weighted by Gasteiger charge is 2.19. The maximum Gasteiger partial charge on any atom is 0.279 e. The molecule has 2 heterocycles. The van der Waals surface area contributed by atoms with Gasteiger partial charge in [-0.2, -0.15) is 15.0 Å². The number of carbonyl (C=O) groups is 1. The molecule has 0 aliphatic rings. The molecular weight excluding hydrogens is 388 g/mol. The van der Waals surface area contributed by atoms with Gasteiger partial charge in [0.25, 0.3) is 5.91 Å². The van der Waals surface area contributed by atoms with E-state index in [0.29, 0.717) is 28.8 Å². The number of benzene rings is 2. The Hall–Kier alpha value is -3.45. The fourth-order valence-corrected chi connectivity index (χ4v) is 3.19. The van der Waals surface area contributed by atoms with E-state index in [-0.39, 0.29) is 11.6 Å². The van der Waals surface area contributed by atoms with E-state index in [1.165, 1.54) is 4.80 Å². The van der Waals surface area contributed by atoms with E-state index >= 15 is 0 Å². The summed E-state index contributed by atoms with van der Waals surface area (Å²) in [5, 5.41) is 16.6. The fourth-order valence-electron chi connectivity index (χ4n) is 3.00. The lowest BCUT2D eigenvalue weighted by molar-refractivity contribution is 0.102. The summed E-state index contributed by atoms with van der Waals surface area (Å²) in [4.78, 5) is 14.3. The van der Waals surface area contributed by atoms with Gasteiger partial charge in [0.15, 0.2) is 5.69 Å². The van der Waals surface area contributed by atoms with Crippen molar-refractivity contribution in [1.82, 2.24) is 24.8 Å². The molecular formula is C21H19ClN6O. The van der Waals surface area contributed by atoms with Crippen molar-refractivity contribution in [2.24, 2.45) is 0 Å². The van der Waals surface area contributed by atoms with Crippen LogP contribution >= 0.6 is 11.6 Å². The number of aromatic nitrogens is 5. The van der Waals surface area contributed by atoms with E-state index in [4.69, 9.17) is 11.6 Å². The fraction of sp³-hybridized carbons (Fsp3) is 0.143. The molecule has 146 valence electrons. The van der Waals surface area contributed by atoms with Crippen LogP contribution < -0.4 is 5.32 Å². The molecule has 0 fully saturated rings. The van der Waals surface area contributed by atoms with Gasteiger partial charge in [0.05, 0.1) is 23.6 Å². The van der Waals surface area contributed by atoms with Crippen LogP contribution in [0.3, 0.4) is 0 Å². The molecule has 2 aromatic heterocycles. The zero-order valence-corrected chi connectivity index (χ0v) is 16.8. The normalized spacial score (nSPS) is 10.9. The third-order valence-electron chi connectivity index (χ3n) is 4.36. The van der Waals surface area contributed by atoms with Crippen LogP contribution in [-0.2, 0) is 6.54 Å². The lowest BCUT2D eigenvalue weighted by atomic mass is 10.2. The molecule has 0 spiro atoms. The molecule has 0 bridgehead atoms. The second-order valence-corrected chi connectivity index (χ2v) is 7.11. The molecule has 8 heteroatoms. The monoisotopic (exact) mass is 406 g/mol. The maximum absolute atomic E-state index is 12.9. The van der Waals surface area contributed by atoms with E-state index < -0.39 is 0 Å². The van der Waals surface area contributed by atoms with Crippen LogP contribution in [-0.4, -0.2) is 30.7 Å². The van der Waals surface area contributed by atoms with Gasteiger partial charge < -0.3 is 5.32 Å². The molecule has 1 N–H and O–H groups in total. The number of nitrogens with one attached hydrogen (secondary N) is 1. The Morgan fingerprint density at radius 2 is 1.79 bits per heavy atom. The number of halogens is 1. The quantitative estimate of drug-likeness (QED) is 0.542. The summed E-state index contributed by atoms with van der Waals surface area (Å²) < 4.78 is 1.76. The van der Waals surface area contributed by atoms with E-state index in [0.717, 1.165) is 11.3 Å². The van der Waals surface area contributed by atoms with Gasteiger partial charge in [0.2, 0.25) is 0 Å². The predicted molar refractivity (Wildman–Crippen MR) is 112 cm³/mol. The SMILES string of the molecule is Cc1cc(NC(=O)c2nn(-c3cccc(Cl)c3)nc2C)n(Cc2ccccc2)n1. The molecule has 0 aliphatic carbocycles. The highest BCUT2D eigenvalue weighted by molar-refractivity contribution is 6.30. The molecule has 0 atom stereocenters. The highest BCUT2D eigenvalue weighted by atomic mass is 35.5. The van der Waals surface area contributed by atoms with E-state index in [2.05, 4.69) is 20.6 Å². The first-order valence-corrected chi connectivity index (χ1v) is 9.47. The van der Waals surface area contributed by atoms with Gasteiger partial charge in [-0.15, -0.1) is 5.10 Å². The maximum atomic E-state index is 12.9. The van der Waals surface area contributed by atoms with Crippen molar-refractivity contribution < 1.29 is 4.79 Å². The molecule has 0 radical (unpaired) electrons. The standard InChI is InChI=1S/C21H19ClN6O/c1-14-11-19(27(24-14)13-16-7-4-3-5-8-16)23-21(29)20-15(2)25-28(26-20)18-10-6-9-17(22)12-18/h3-12H,13H2,1-2H3,(H,23,29). The Bertz CT molecular complexity index is 1170. The van der Waals surface area contributed by atoms with E-state index in [9.17, 15) is 4.79 Å². The number of rotatable bonds is 5. The minimum absolute atomic E-state index is 0.245. The number of carbonyl (C=O) groups excluding carboxylic acids is 1. The van der Waals surface area contributed by atoms with Crippen LogP contribution in [0.4, 0.5) is 5.82 Å². The van der Waals surface area contributed by atoms with Crippen molar-refractivity contribution >= 4 is 23.3 Å². The molecule has 1 amide bonds. The number of nitrogens with zero attached hydrogens (tertiary/aromatic N) is 5. The second-order valence-electron chi connectivity index (χ2n) is 6.67. The van der Waals surface area contributed by atoms with Gasteiger partial charge in [-0.3, -0.25) is 4.79 Å². The first kappa shape index (κ1) is 18.9. The molecule has 0 saturated carbocycles. The summed E-state index contributed by atoms with van der Waals surface area (Å²) in [6, 6.07) is 18.9. The molecule has 7 nitrogen and oxygen atoms in total. The number of aryl methyl sites for hydroxylation is 2. The molecule has 4 aromatic rings. The van der Waals surface area contributed by atoms with Crippen molar-refractivity contribution in [2.75, 3.05) is 5.32 Å². The smallest absolute Gasteiger partial charge is 0.279 e. The van der Waals surface area contributed by atoms with E-state index in [1.807, 2.05) is 49.4 Å². The number of anilines is 1. The summed E-state index contributed by atoms with van der Waals surface area (Å²) in [6.45, 7) is 4.19. The zero-order chi connectivity index (χ0) is 20.4. The van der Waals surface area contributed by atoms with Crippen LogP contribution in [0.2, 0.25) is 5.02 Å². The molecule has 2 aromatic carbocycles. The lowest BCUT2D eigenvalue weighted by Crippen LogP contribution is -2.17. The molecule has 0 saturated heterocycles. The molecule has 4 rings (SSSR count). The third-order valence-corrected chi connectivity index (χ3v) is 4.59. The van der Waals surface area contributed by atoms with Crippen molar-refractivity contribution in [3.05, 3.63) is 88.3 Å². The van der Waals surface area contributed by atoms with Crippen molar-refractivity contribution in [3.8, 4) is 5.69 Å². The summed E-state index contributed by atoms with van der Waals surface area (Å²) in [5.41, 5.74) is 3.36. The largest absolute Gasteiger partial charge is 0.305 e. The molecule has 0 aliphatic heterocycles. The van der Waals surface area contributed by atoms with Crippen LogP contribution in [0.15, 0.2) is 60.7 Å². The van der Waals surface area contributed by atoms with Crippen LogP contribution in [0.25, 0.3) is 5.69 Å². The topological polar surface area (TPSA) is 77.6 Å². The Kier molecular flexibility index (Phi) is 5.14. The highest BCUT2D eigenvalue weighted by Crippen LogP contribution is 2.17. The van der Waals surface area contributed by atoms with Gasteiger partial charge in [0.1, 0.15) is 5.82 Å². The summed E-state index contributed by atoms with van der Waals surface area (Å²) >= 11 is 6.04. The average Bonchev–Trinajstić information content (AvgIpc) is 3.25. The van der Waals surface area contributed by atoms with Gasteiger partial charge in [-0.05, 0) is 37.6 Å². The number of hydrogen-bond acceptors (Lipinski definition) is 4. The van der Waals surface area contributed by atoms with Gasteiger partial charge in [-0.1, -0.05) is 48.0 Å².